The number of nitrogens with zero attached hydrogens (tertiary/aromatic N) is 3. The second-order valence-electron chi connectivity index (χ2n) is 7.50. The number of hydrogen-bond acceptors (Lipinski definition) is 5. The molecule has 29 heavy (non-hydrogen) atoms. The monoisotopic (exact) mass is 571 g/mol. The predicted octanol–water partition coefficient (Wildman–Crippen LogP) is 4.34. The number of aromatic carboxylic acids is 1. The van der Waals surface area contributed by atoms with Crippen LogP contribution in [0.15, 0.2) is 42.9 Å². The van der Waals surface area contributed by atoms with E-state index in [1.54, 1.807) is 0 Å². The van der Waals surface area contributed by atoms with Gasteiger partial charge in [-0.1, -0.05) is 34.6 Å². The van der Waals surface area contributed by atoms with Gasteiger partial charge in [-0.2, -0.15) is 0 Å². The SMILES string of the molecule is Cc1[c-]c(-c2ncc(C(C)(C)C)cn2)cc(C)c1.O=C(O)c1cc(O)ccn1.[Ir]. The molecule has 0 unspecified atom stereocenters. The van der Waals surface area contributed by atoms with Crippen molar-refractivity contribution < 1.29 is 35.1 Å². The van der Waals surface area contributed by atoms with Crippen LogP contribution in [0.4, 0.5) is 0 Å². The van der Waals surface area contributed by atoms with Gasteiger partial charge in [0.05, 0.1) is 5.82 Å². The Bertz CT molecular complexity index is 948. The maximum Gasteiger partial charge on any atom is 0.354 e. The normalized spacial score (nSPS) is 10.4. The molecule has 0 amide bonds. The van der Waals surface area contributed by atoms with Crippen LogP contribution in [-0.2, 0) is 25.5 Å². The summed E-state index contributed by atoms with van der Waals surface area (Å²) in [5, 5.41) is 17.1. The molecule has 0 saturated carbocycles. The van der Waals surface area contributed by atoms with Crippen LogP contribution in [0, 0.1) is 19.9 Å². The number of aryl methyl sites for hydroxylation is 2. The van der Waals surface area contributed by atoms with Crippen LogP contribution >= 0.6 is 0 Å². The molecule has 0 atom stereocenters. The van der Waals surface area contributed by atoms with Crippen molar-refractivity contribution in [2.45, 2.75) is 40.0 Å². The van der Waals surface area contributed by atoms with Gasteiger partial charge in [0.15, 0.2) is 5.69 Å². The molecule has 0 bridgehead atoms. The maximum absolute atomic E-state index is 10.2. The molecule has 6 nitrogen and oxygen atoms in total. The van der Waals surface area contributed by atoms with E-state index in [0.29, 0.717) is 0 Å². The van der Waals surface area contributed by atoms with Crippen LogP contribution in [-0.4, -0.2) is 31.1 Å². The van der Waals surface area contributed by atoms with Crippen LogP contribution in [0.25, 0.3) is 11.4 Å². The first-order valence-electron chi connectivity index (χ1n) is 8.78. The zero-order valence-electron chi connectivity index (χ0n) is 17.0. The number of benzene rings is 1. The molecule has 1 aromatic carbocycles. The standard InChI is InChI=1S/C16H19N2.C6H5NO3.Ir/c1-11-6-12(2)8-13(7-11)15-17-9-14(10-18-15)16(3,4)5;8-4-1-2-7-5(3-4)6(9)10;/h6-7,9-10H,1-5H3;1-3H,(H,7,8)(H,9,10);/q-1;;. The minimum absolute atomic E-state index is 0. The van der Waals surface area contributed by atoms with Crippen molar-refractivity contribution in [2.24, 2.45) is 0 Å². The molecule has 2 aromatic heterocycles. The zero-order chi connectivity index (χ0) is 20.9. The number of pyridine rings is 1. The average Bonchev–Trinajstić information content (AvgIpc) is 2.61. The molecule has 7 heteroatoms. The van der Waals surface area contributed by atoms with Crippen molar-refractivity contribution >= 4 is 5.97 Å². The van der Waals surface area contributed by atoms with Crippen LogP contribution in [0.5, 0.6) is 5.75 Å². The minimum Gasteiger partial charge on any atom is -0.508 e. The number of carboxylic acid groups (broad SMARTS) is 1. The van der Waals surface area contributed by atoms with E-state index in [0.717, 1.165) is 28.6 Å². The topological polar surface area (TPSA) is 96.2 Å². The van der Waals surface area contributed by atoms with Crippen LogP contribution in [0.3, 0.4) is 0 Å². The van der Waals surface area contributed by atoms with Gasteiger partial charge in [-0.3, -0.25) is 9.97 Å². The predicted molar refractivity (Wildman–Crippen MR) is 107 cm³/mol. The molecule has 3 aromatic rings. The summed E-state index contributed by atoms with van der Waals surface area (Å²) in [5.74, 6) is -0.488. The van der Waals surface area contributed by atoms with Crippen molar-refractivity contribution in [3.63, 3.8) is 0 Å². The molecule has 2 N–H and O–H groups in total. The number of rotatable bonds is 2. The zero-order valence-corrected chi connectivity index (χ0v) is 19.4. The summed E-state index contributed by atoms with van der Waals surface area (Å²) < 4.78 is 0. The molecule has 0 saturated heterocycles. The summed E-state index contributed by atoms with van der Waals surface area (Å²) in [6.45, 7) is 10.6. The number of carbonyl (C=O) groups is 1. The van der Waals surface area contributed by atoms with E-state index < -0.39 is 5.97 Å². The molecular formula is C22H24IrN3O3-. The van der Waals surface area contributed by atoms with E-state index >= 15 is 0 Å². The first-order chi connectivity index (χ1) is 13.1. The van der Waals surface area contributed by atoms with E-state index in [2.05, 4.69) is 60.8 Å². The van der Waals surface area contributed by atoms with Crippen molar-refractivity contribution in [1.29, 1.82) is 0 Å². The third kappa shape index (κ3) is 7.37. The molecule has 0 fully saturated rings. The van der Waals surface area contributed by atoms with Crippen LogP contribution in [0.2, 0.25) is 0 Å². The van der Waals surface area contributed by atoms with E-state index in [-0.39, 0.29) is 37.0 Å². The van der Waals surface area contributed by atoms with Gasteiger partial charge in [0, 0.05) is 44.8 Å². The molecule has 0 spiro atoms. The number of hydrogen-bond donors (Lipinski definition) is 2. The van der Waals surface area contributed by atoms with Gasteiger partial charge in [0.1, 0.15) is 5.75 Å². The number of carboxylic acids is 1. The fourth-order valence-electron chi connectivity index (χ4n) is 2.41. The largest absolute Gasteiger partial charge is 0.508 e. The Labute approximate surface area is 184 Å². The van der Waals surface area contributed by atoms with E-state index in [4.69, 9.17) is 10.2 Å². The molecule has 0 aliphatic rings. The second kappa shape index (κ2) is 10.2. The summed E-state index contributed by atoms with van der Waals surface area (Å²) in [4.78, 5) is 22.6. The fourth-order valence-corrected chi connectivity index (χ4v) is 2.41. The third-order valence-corrected chi connectivity index (χ3v) is 3.87. The van der Waals surface area contributed by atoms with Crippen molar-refractivity contribution in [3.8, 4) is 17.1 Å². The first-order valence-corrected chi connectivity index (χ1v) is 8.78. The van der Waals surface area contributed by atoms with Gasteiger partial charge < -0.3 is 10.2 Å². The van der Waals surface area contributed by atoms with Gasteiger partial charge in [-0.15, -0.1) is 34.9 Å². The first kappa shape index (κ1) is 24.4. The Morgan fingerprint density at radius 1 is 1.03 bits per heavy atom. The molecular weight excluding hydrogens is 546 g/mol. The van der Waals surface area contributed by atoms with Gasteiger partial charge in [0.2, 0.25) is 0 Å². The molecule has 3 rings (SSSR count). The molecule has 0 aliphatic heterocycles. The van der Waals surface area contributed by atoms with Gasteiger partial charge >= 0.3 is 5.97 Å². The fraction of sp³-hybridized carbons (Fsp3) is 0.273. The average molecular weight is 571 g/mol. The Morgan fingerprint density at radius 2 is 1.66 bits per heavy atom. The summed E-state index contributed by atoms with van der Waals surface area (Å²) in [6, 6.07) is 9.87. The Morgan fingerprint density at radius 3 is 2.10 bits per heavy atom. The number of aromatic nitrogens is 3. The molecule has 1 radical (unpaired) electrons. The third-order valence-electron chi connectivity index (χ3n) is 3.87. The Balaban J connectivity index is 0.000000327. The summed E-state index contributed by atoms with van der Waals surface area (Å²) in [6.07, 6.45) is 5.06. The summed E-state index contributed by atoms with van der Waals surface area (Å²) in [7, 11) is 0. The minimum atomic E-state index is -1.14. The van der Waals surface area contributed by atoms with Crippen molar-refractivity contribution in [2.75, 3.05) is 0 Å². The number of aromatic hydroxyl groups is 1. The smallest absolute Gasteiger partial charge is 0.354 e. The van der Waals surface area contributed by atoms with E-state index in [9.17, 15) is 4.79 Å². The van der Waals surface area contributed by atoms with Crippen molar-refractivity contribution in [1.82, 2.24) is 15.0 Å². The van der Waals surface area contributed by atoms with Crippen molar-refractivity contribution in [3.05, 3.63) is 71.3 Å². The quantitative estimate of drug-likeness (QED) is 0.445. The molecule has 0 aliphatic carbocycles. The summed E-state index contributed by atoms with van der Waals surface area (Å²) >= 11 is 0. The molecule has 2 heterocycles. The van der Waals surface area contributed by atoms with E-state index in [1.165, 1.54) is 17.8 Å². The Hall–Kier alpha value is -2.63. The van der Waals surface area contributed by atoms with Crippen LogP contribution in [0.1, 0.15) is 48.0 Å². The summed E-state index contributed by atoms with van der Waals surface area (Å²) in [5.41, 5.74) is 4.38. The van der Waals surface area contributed by atoms with Crippen LogP contribution < -0.4 is 0 Å². The van der Waals surface area contributed by atoms with E-state index in [1.807, 2.05) is 19.3 Å². The molecule has 155 valence electrons. The maximum atomic E-state index is 10.2. The Kier molecular flexibility index (Phi) is 8.61. The van der Waals surface area contributed by atoms with Gasteiger partial charge in [-0.25, -0.2) is 9.78 Å². The second-order valence-corrected chi connectivity index (χ2v) is 7.50. The van der Waals surface area contributed by atoms with Gasteiger partial charge in [0.25, 0.3) is 0 Å². The van der Waals surface area contributed by atoms with Gasteiger partial charge in [-0.05, 0) is 17.0 Å².